The van der Waals surface area contributed by atoms with Crippen LogP contribution in [-0.4, -0.2) is 29.2 Å². The van der Waals surface area contributed by atoms with Crippen molar-refractivity contribution in [2.75, 3.05) is 24.2 Å². The highest BCUT2D eigenvalue weighted by Gasteiger charge is 2.14. The Bertz CT molecular complexity index is 416. The van der Waals surface area contributed by atoms with Crippen molar-refractivity contribution in [3.05, 3.63) is 11.3 Å². The van der Waals surface area contributed by atoms with Crippen LogP contribution in [0.3, 0.4) is 0 Å². The number of nitrogen functional groups attached to an aromatic ring is 1. The molecule has 0 spiro atoms. The van der Waals surface area contributed by atoms with Crippen LogP contribution in [0.1, 0.15) is 43.9 Å². The molecule has 1 aliphatic rings. The van der Waals surface area contributed by atoms with Gasteiger partial charge in [0.05, 0.1) is 6.10 Å². The summed E-state index contributed by atoms with van der Waals surface area (Å²) in [7, 11) is 0. The Morgan fingerprint density at radius 2 is 2.21 bits per heavy atom. The molecule has 2 rings (SSSR count). The summed E-state index contributed by atoms with van der Waals surface area (Å²) in [6.07, 6.45) is 5.98. The van der Waals surface area contributed by atoms with Crippen molar-refractivity contribution < 1.29 is 4.74 Å². The highest BCUT2D eigenvalue weighted by molar-refractivity contribution is 5.49. The van der Waals surface area contributed by atoms with Gasteiger partial charge in [-0.2, -0.15) is 4.98 Å². The fourth-order valence-electron chi connectivity index (χ4n) is 2.57. The largest absolute Gasteiger partial charge is 0.378 e. The SMILES string of the molecule is CCc1c(C)nc(N)nc1NCC[C@H]1CCCCO1. The summed E-state index contributed by atoms with van der Waals surface area (Å²) in [5.41, 5.74) is 7.83. The van der Waals surface area contributed by atoms with Gasteiger partial charge in [-0.15, -0.1) is 0 Å². The van der Waals surface area contributed by atoms with Gasteiger partial charge in [0.1, 0.15) is 5.82 Å². The Hall–Kier alpha value is -1.36. The maximum Gasteiger partial charge on any atom is 0.222 e. The molecular weight excluding hydrogens is 240 g/mol. The Morgan fingerprint density at radius 3 is 2.89 bits per heavy atom. The van der Waals surface area contributed by atoms with Crippen molar-refractivity contribution >= 4 is 11.8 Å². The van der Waals surface area contributed by atoms with E-state index >= 15 is 0 Å². The molecule has 1 atom stereocenters. The molecule has 0 aliphatic carbocycles. The van der Waals surface area contributed by atoms with Gasteiger partial charge in [0, 0.05) is 24.4 Å². The second-order valence-corrected chi connectivity index (χ2v) is 5.05. The average molecular weight is 264 g/mol. The summed E-state index contributed by atoms with van der Waals surface area (Å²) < 4.78 is 5.72. The first-order valence-electron chi connectivity index (χ1n) is 7.19. The van der Waals surface area contributed by atoms with Crippen LogP contribution in [-0.2, 0) is 11.2 Å². The maximum atomic E-state index is 5.72. The van der Waals surface area contributed by atoms with Gasteiger partial charge in [0.2, 0.25) is 5.95 Å². The van der Waals surface area contributed by atoms with E-state index in [9.17, 15) is 0 Å². The molecule has 1 aliphatic heterocycles. The number of anilines is 2. The van der Waals surface area contributed by atoms with Gasteiger partial charge in [-0.25, -0.2) is 4.98 Å². The molecule has 3 N–H and O–H groups in total. The van der Waals surface area contributed by atoms with Gasteiger partial charge >= 0.3 is 0 Å². The number of nitrogens with zero attached hydrogens (tertiary/aromatic N) is 2. The summed E-state index contributed by atoms with van der Waals surface area (Å²) in [4.78, 5) is 8.51. The number of hydrogen-bond donors (Lipinski definition) is 2. The predicted octanol–water partition coefficient (Wildman–Crippen LogP) is 2.30. The fraction of sp³-hybridized carbons (Fsp3) is 0.714. The molecule has 1 saturated heterocycles. The Labute approximate surface area is 115 Å². The molecule has 2 heterocycles. The van der Waals surface area contributed by atoms with E-state index in [0.29, 0.717) is 12.1 Å². The zero-order valence-corrected chi connectivity index (χ0v) is 11.9. The summed E-state index contributed by atoms with van der Waals surface area (Å²) in [5.74, 6) is 1.22. The molecule has 0 bridgehead atoms. The van der Waals surface area contributed by atoms with Gasteiger partial charge in [-0.1, -0.05) is 6.92 Å². The number of nitrogens with one attached hydrogen (secondary N) is 1. The van der Waals surface area contributed by atoms with Crippen LogP contribution in [0.25, 0.3) is 0 Å². The average Bonchev–Trinajstić information content (AvgIpc) is 2.39. The number of hydrogen-bond acceptors (Lipinski definition) is 5. The third-order valence-electron chi connectivity index (χ3n) is 3.62. The molecule has 19 heavy (non-hydrogen) atoms. The predicted molar refractivity (Wildman–Crippen MR) is 77.3 cm³/mol. The lowest BCUT2D eigenvalue weighted by atomic mass is 10.1. The number of aryl methyl sites for hydroxylation is 1. The second-order valence-electron chi connectivity index (χ2n) is 5.05. The molecule has 0 saturated carbocycles. The highest BCUT2D eigenvalue weighted by Crippen LogP contribution is 2.19. The van der Waals surface area contributed by atoms with E-state index in [-0.39, 0.29) is 0 Å². The monoisotopic (exact) mass is 264 g/mol. The van der Waals surface area contributed by atoms with Gasteiger partial charge in [0.15, 0.2) is 0 Å². The van der Waals surface area contributed by atoms with Crippen LogP contribution >= 0.6 is 0 Å². The van der Waals surface area contributed by atoms with Crippen LogP contribution in [0, 0.1) is 6.92 Å². The van der Waals surface area contributed by atoms with Gasteiger partial charge in [-0.3, -0.25) is 0 Å². The molecule has 0 unspecified atom stereocenters. The Balaban J connectivity index is 1.91. The van der Waals surface area contributed by atoms with Crippen LogP contribution < -0.4 is 11.1 Å². The van der Waals surface area contributed by atoms with E-state index in [0.717, 1.165) is 43.1 Å². The summed E-state index contributed by atoms with van der Waals surface area (Å²) in [5, 5.41) is 3.38. The number of rotatable bonds is 5. The van der Waals surface area contributed by atoms with E-state index in [1.54, 1.807) is 0 Å². The van der Waals surface area contributed by atoms with Crippen molar-refractivity contribution in [2.24, 2.45) is 0 Å². The lowest BCUT2D eigenvalue weighted by molar-refractivity contribution is 0.0134. The number of aromatic nitrogens is 2. The fourth-order valence-corrected chi connectivity index (χ4v) is 2.57. The van der Waals surface area contributed by atoms with Crippen LogP contribution in [0.2, 0.25) is 0 Å². The minimum absolute atomic E-state index is 0.339. The first-order valence-corrected chi connectivity index (χ1v) is 7.19. The third kappa shape index (κ3) is 3.80. The van der Waals surface area contributed by atoms with E-state index in [4.69, 9.17) is 10.5 Å². The molecule has 0 aromatic carbocycles. The first-order chi connectivity index (χ1) is 9.20. The molecule has 106 valence electrons. The van der Waals surface area contributed by atoms with Crippen molar-refractivity contribution in [3.63, 3.8) is 0 Å². The molecule has 0 radical (unpaired) electrons. The maximum absolute atomic E-state index is 5.72. The molecule has 1 fully saturated rings. The molecule has 1 aromatic rings. The Kier molecular flexibility index (Phi) is 4.96. The minimum Gasteiger partial charge on any atom is -0.378 e. The quantitative estimate of drug-likeness (QED) is 0.853. The van der Waals surface area contributed by atoms with Gasteiger partial charge < -0.3 is 15.8 Å². The van der Waals surface area contributed by atoms with Gasteiger partial charge in [-0.05, 0) is 39.0 Å². The van der Waals surface area contributed by atoms with Crippen molar-refractivity contribution in [1.82, 2.24) is 9.97 Å². The van der Waals surface area contributed by atoms with E-state index in [2.05, 4.69) is 22.2 Å². The van der Waals surface area contributed by atoms with E-state index < -0.39 is 0 Å². The smallest absolute Gasteiger partial charge is 0.222 e. The topological polar surface area (TPSA) is 73.1 Å². The molecule has 5 nitrogen and oxygen atoms in total. The van der Waals surface area contributed by atoms with Crippen molar-refractivity contribution in [1.29, 1.82) is 0 Å². The minimum atomic E-state index is 0.339. The lowest BCUT2D eigenvalue weighted by Crippen LogP contribution is -2.22. The summed E-state index contributed by atoms with van der Waals surface area (Å²) in [6, 6.07) is 0. The second kappa shape index (κ2) is 6.70. The molecular formula is C14H24N4O. The summed E-state index contributed by atoms with van der Waals surface area (Å²) in [6.45, 7) is 5.86. The highest BCUT2D eigenvalue weighted by atomic mass is 16.5. The summed E-state index contributed by atoms with van der Waals surface area (Å²) >= 11 is 0. The van der Waals surface area contributed by atoms with Crippen molar-refractivity contribution in [3.8, 4) is 0 Å². The molecule has 0 amide bonds. The third-order valence-corrected chi connectivity index (χ3v) is 3.62. The van der Waals surface area contributed by atoms with E-state index in [1.165, 1.54) is 19.3 Å². The number of nitrogens with two attached hydrogens (primary N) is 1. The van der Waals surface area contributed by atoms with Gasteiger partial charge in [0.25, 0.3) is 0 Å². The van der Waals surface area contributed by atoms with E-state index in [1.807, 2.05) is 6.92 Å². The Morgan fingerprint density at radius 1 is 1.37 bits per heavy atom. The first kappa shape index (κ1) is 14.1. The number of ether oxygens (including phenoxy) is 1. The molecule has 5 heteroatoms. The van der Waals surface area contributed by atoms with Crippen LogP contribution in [0.5, 0.6) is 0 Å². The zero-order chi connectivity index (χ0) is 13.7. The normalized spacial score (nSPS) is 19.4. The standard InChI is InChI=1S/C14H24N4O/c1-3-12-10(2)17-14(15)18-13(12)16-8-7-11-6-4-5-9-19-11/h11H,3-9H2,1-2H3,(H3,15,16,17,18)/t11-/m1/s1. The zero-order valence-electron chi connectivity index (χ0n) is 11.9. The molecule has 1 aromatic heterocycles. The van der Waals surface area contributed by atoms with Crippen molar-refractivity contribution in [2.45, 2.75) is 52.1 Å². The lowest BCUT2D eigenvalue weighted by Gasteiger charge is -2.23. The van der Waals surface area contributed by atoms with Crippen LogP contribution in [0.4, 0.5) is 11.8 Å². The van der Waals surface area contributed by atoms with Crippen LogP contribution in [0.15, 0.2) is 0 Å².